The van der Waals surface area contributed by atoms with Crippen molar-refractivity contribution in [2.24, 2.45) is 0 Å². The molecule has 0 aromatic heterocycles. The largest absolute Gasteiger partial charge is 0.356 e. The van der Waals surface area contributed by atoms with E-state index in [2.05, 4.69) is 62.1 Å². The van der Waals surface area contributed by atoms with Crippen molar-refractivity contribution in [1.29, 1.82) is 0 Å². The number of rotatable bonds is 3. The maximum atomic E-state index is 4.07. The van der Waals surface area contributed by atoms with Crippen LogP contribution in [0.5, 0.6) is 0 Å². The number of nitrogens with one attached hydrogen (secondary N) is 1. The van der Waals surface area contributed by atoms with E-state index in [0.29, 0.717) is 0 Å². The van der Waals surface area contributed by atoms with E-state index in [4.69, 9.17) is 0 Å². The van der Waals surface area contributed by atoms with Crippen LogP contribution in [0.1, 0.15) is 16.7 Å². The summed E-state index contributed by atoms with van der Waals surface area (Å²) >= 11 is 0. The summed E-state index contributed by atoms with van der Waals surface area (Å²) in [6.07, 6.45) is 0. The van der Waals surface area contributed by atoms with Crippen LogP contribution in [0.3, 0.4) is 0 Å². The molecule has 0 aliphatic rings. The van der Waals surface area contributed by atoms with Gasteiger partial charge in [-0.15, -0.1) is 0 Å². The van der Waals surface area contributed by atoms with Crippen LogP contribution >= 0.6 is 0 Å². The monoisotopic (exact) mass is 223 g/mol. The lowest BCUT2D eigenvalue weighted by atomic mass is 10.1. The fraction of sp³-hybridized carbons (Fsp3) is 0.125. The fourth-order valence-corrected chi connectivity index (χ4v) is 1.72. The minimum absolute atomic E-state index is 0.926. The summed E-state index contributed by atoms with van der Waals surface area (Å²) in [6, 6.07) is 16.6. The summed E-state index contributed by atoms with van der Waals surface area (Å²) in [4.78, 5) is 0. The van der Waals surface area contributed by atoms with Crippen LogP contribution in [0.2, 0.25) is 0 Å². The minimum atomic E-state index is 0.926. The van der Waals surface area contributed by atoms with Gasteiger partial charge >= 0.3 is 0 Å². The van der Waals surface area contributed by atoms with Gasteiger partial charge in [0.1, 0.15) is 0 Å². The molecule has 0 spiro atoms. The van der Waals surface area contributed by atoms with Crippen LogP contribution in [0, 0.1) is 13.8 Å². The van der Waals surface area contributed by atoms with Crippen molar-refractivity contribution in [3.63, 3.8) is 0 Å². The number of anilines is 1. The lowest BCUT2D eigenvalue weighted by molar-refractivity contribution is 1.43. The molecule has 86 valence electrons. The van der Waals surface area contributed by atoms with Gasteiger partial charge in [0.25, 0.3) is 0 Å². The first kappa shape index (κ1) is 11.5. The molecule has 0 radical (unpaired) electrons. The maximum Gasteiger partial charge on any atom is 0.0386 e. The third-order valence-electron chi connectivity index (χ3n) is 2.71. The molecule has 1 N–H and O–H groups in total. The van der Waals surface area contributed by atoms with Crippen molar-refractivity contribution in [2.45, 2.75) is 13.8 Å². The van der Waals surface area contributed by atoms with Gasteiger partial charge in [-0.2, -0.15) is 0 Å². The molecule has 0 fully saturated rings. The predicted molar refractivity (Wildman–Crippen MR) is 75.0 cm³/mol. The molecule has 2 aromatic carbocycles. The maximum absolute atomic E-state index is 4.07. The smallest absolute Gasteiger partial charge is 0.0386 e. The molecule has 0 amide bonds. The van der Waals surface area contributed by atoms with Crippen LogP contribution in [0.15, 0.2) is 55.1 Å². The standard InChI is InChI=1S/C16H17N/c1-12-7-9-15(10-8-12)14(3)17-16-6-4-5-13(2)11-16/h4-11,17H,3H2,1-2H3. The van der Waals surface area contributed by atoms with Crippen molar-refractivity contribution >= 4 is 11.4 Å². The van der Waals surface area contributed by atoms with Gasteiger partial charge in [-0.05, 0) is 37.1 Å². The highest BCUT2D eigenvalue weighted by molar-refractivity contribution is 5.75. The molecule has 0 aliphatic carbocycles. The highest BCUT2D eigenvalue weighted by Crippen LogP contribution is 2.18. The summed E-state index contributed by atoms with van der Waals surface area (Å²) in [5, 5.41) is 3.32. The molecular formula is C16H17N. The molecule has 1 heteroatoms. The Hall–Kier alpha value is -2.02. The summed E-state index contributed by atoms with van der Waals surface area (Å²) in [5.41, 5.74) is 5.63. The number of aryl methyl sites for hydroxylation is 2. The second-order valence-corrected chi connectivity index (χ2v) is 4.34. The lowest BCUT2D eigenvalue weighted by Gasteiger charge is -2.10. The third-order valence-corrected chi connectivity index (χ3v) is 2.71. The van der Waals surface area contributed by atoms with E-state index >= 15 is 0 Å². The third kappa shape index (κ3) is 2.97. The topological polar surface area (TPSA) is 12.0 Å². The average molecular weight is 223 g/mol. The summed E-state index contributed by atoms with van der Waals surface area (Å²) in [5.74, 6) is 0. The second kappa shape index (κ2) is 4.88. The Morgan fingerprint density at radius 3 is 2.29 bits per heavy atom. The Balaban J connectivity index is 2.14. The molecule has 0 saturated heterocycles. The number of hydrogen-bond acceptors (Lipinski definition) is 1. The molecule has 0 unspecified atom stereocenters. The molecule has 0 heterocycles. The summed E-state index contributed by atoms with van der Waals surface area (Å²) in [6.45, 7) is 8.24. The van der Waals surface area contributed by atoms with Crippen LogP contribution < -0.4 is 5.32 Å². The Bertz CT molecular complexity index is 523. The fourth-order valence-electron chi connectivity index (χ4n) is 1.72. The number of hydrogen-bond donors (Lipinski definition) is 1. The molecule has 17 heavy (non-hydrogen) atoms. The van der Waals surface area contributed by atoms with Gasteiger partial charge in [0, 0.05) is 11.4 Å². The molecule has 1 nitrogen and oxygen atoms in total. The molecular weight excluding hydrogens is 206 g/mol. The molecule has 0 saturated carbocycles. The Morgan fingerprint density at radius 1 is 0.941 bits per heavy atom. The minimum Gasteiger partial charge on any atom is -0.356 e. The summed E-state index contributed by atoms with van der Waals surface area (Å²) < 4.78 is 0. The van der Waals surface area contributed by atoms with E-state index in [9.17, 15) is 0 Å². The molecule has 2 rings (SSSR count). The molecule has 0 atom stereocenters. The van der Waals surface area contributed by atoms with Gasteiger partial charge in [0.05, 0.1) is 0 Å². The van der Waals surface area contributed by atoms with Gasteiger partial charge in [-0.1, -0.05) is 48.5 Å². The Labute approximate surface area is 103 Å². The zero-order valence-corrected chi connectivity index (χ0v) is 10.3. The van der Waals surface area contributed by atoms with Crippen LogP contribution in [-0.2, 0) is 0 Å². The van der Waals surface area contributed by atoms with Crippen LogP contribution in [0.25, 0.3) is 5.70 Å². The van der Waals surface area contributed by atoms with E-state index in [1.807, 2.05) is 12.1 Å². The van der Waals surface area contributed by atoms with Crippen molar-refractivity contribution in [1.82, 2.24) is 0 Å². The van der Waals surface area contributed by atoms with Crippen LogP contribution in [-0.4, -0.2) is 0 Å². The van der Waals surface area contributed by atoms with Crippen molar-refractivity contribution < 1.29 is 0 Å². The van der Waals surface area contributed by atoms with E-state index in [1.165, 1.54) is 11.1 Å². The predicted octanol–water partition coefficient (Wildman–Crippen LogP) is 4.39. The van der Waals surface area contributed by atoms with Gasteiger partial charge < -0.3 is 5.32 Å². The summed E-state index contributed by atoms with van der Waals surface area (Å²) in [7, 11) is 0. The van der Waals surface area contributed by atoms with Crippen LogP contribution in [0.4, 0.5) is 5.69 Å². The van der Waals surface area contributed by atoms with Crippen molar-refractivity contribution in [3.05, 3.63) is 71.8 Å². The Kier molecular flexibility index (Phi) is 3.29. The zero-order chi connectivity index (χ0) is 12.3. The highest BCUT2D eigenvalue weighted by atomic mass is 14.9. The second-order valence-electron chi connectivity index (χ2n) is 4.34. The molecule has 0 aliphatic heterocycles. The molecule has 0 bridgehead atoms. The average Bonchev–Trinajstić information content (AvgIpc) is 2.29. The first-order valence-corrected chi connectivity index (χ1v) is 5.75. The van der Waals surface area contributed by atoms with Gasteiger partial charge in [-0.3, -0.25) is 0 Å². The van der Waals surface area contributed by atoms with Gasteiger partial charge in [0.2, 0.25) is 0 Å². The van der Waals surface area contributed by atoms with Gasteiger partial charge in [0.15, 0.2) is 0 Å². The quantitative estimate of drug-likeness (QED) is 0.814. The lowest BCUT2D eigenvalue weighted by Crippen LogP contribution is -1.97. The highest BCUT2D eigenvalue weighted by Gasteiger charge is 1.99. The van der Waals surface area contributed by atoms with E-state index in [1.54, 1.807) is 0 Å². The van der Waals surface area contributed by atoms with E-state index < -0.39 is 0 Å². The first-order valence-electron chi connectivity index (χ1n) is 5.75. The Morgan fingerprint density at radius 2 is 1.65 bits per heavy atom. The molecule has 2 aromatic rings. The number of benzene rings is 2. The van der Waals surface area contributed by atoms with E-state index in [0.717, 1.165) is 16.9 Å². The van der Waals surface area contributed by atoms with Crippen molar-refractivity contribution in [2.75, 3.05) is 5.32 Å². The SMILES string of the molecule is C=C(Nc1cccc(C)c1)c1ccc(C)cc1. The van der Waals surface area contributed by atoms with E-state index in [-0.39, 0.29) is 0 Å². The van der Waals surface area contributed by atoms with Crippen molar-refractivity contribution in [3.8, 4) is 0 Å². The normalized spacial score (nSPS) is 10.0. The van der Waals surface area contributed by atoms with Gasteiger partial charge in [-0.25, -0.2) is 0 Å². The first-order chi connectivity index (χ1) is 8.15. The zero-order valence-electron chi connectivity index (χ0n) is 10.3.